The van der Waals surface area contributed by atoms with Crippen LogP contribution in [-0.2, 0) is 19.6 Å². The number of rotatable bonds is 6. The van der Waals surface area contributed by atoms with Gasteiger partial charge in [0, 0.05) is 18.6 Å². The number of amides is 1. The Morgan fingerprint density at radius 2 is 1.72 bits per heavy atom. The molecule has 1 amide bonds. The van der Waals surface area contributed by atoms with Crippen LogP contribution in [0.15, 0.2) is 23.1 Å². The van der Waals surface area contributed by atoms with Crippen LogP contribution in [0.2, 0.25) is 0 Å². The molecule has 0 spiro atoms. The highest BCUT2D eigenvalue weighted by Gasteiger charge is 2.29. The van der Waals surface area contributed by atoms with E-state index in [4.69, 9.17) is 9.47 Å². The molecule has 162 valence electrons. The van der Waals surface area contributed by atoms with Gasteiger partial charge in [-0.1, -0.05) is 12.8 Å². The Kier molecular flexibility index (Phi) is 7.65. The number of sulfonamides is 1. The van der Waals surface area contributed by atoms with Crippen molar-refractivity contribution in [3.05, 3.63) is 23.8 Å². The van der Waals surface area contributed by atoms with Crippen molar-refractivity contribution in [3.63, 3.8) is 0 Å². The Hall–Kier alpha value is -2.13. The van der Waals surface area contributed by atoms with Crippen molar-refractivity contribution in [2.45, 2.75) is 56.9 Å². The standard InChI is InChI=1S/C20H30N2O6S/c1-20(2,3)21-18(23)14-28-19(24)15-9-10-16(27-4)17(13-15)29(25,26)22-11-7-5-6-8-12-22/h9-10,13H,5-8,11-12,14H2,1-4H3,(H,21,23). The lowest BCUT2D eigenvalue weighted by Gasteiger charge is -2.22. The molecule has 1 heterocycles. The van der Waals surface area contributed by atoms with Crippen LogP contribution in [0.4, 0.5) is 0 Å². The van der Waals surface area contributed by atoms with E-state index in [1.165, 1.54) is 29.6 Å². The monoisotopic (exact) mass is 426 g/mol. The molecule has 1 aliphatic rings. The third-order valence-corrected chi connectivity index (χ3v) is 6.35. The molecule has 0 aliphatic carbocycles. The summed E-state index contributed by atoms with van der Waals surface area (Å²) in [6.45, 7) is 5.87. The van der Waals surface area contributed by atoms with Gasteiger partial charge in [0.25, 0.3) is 5.91 Å². The van der Waals surface area contributed by atoms with Crippen molar-refractivity contribution in [2.75, 3.05) is 26.8 Å². The van der Waals surface area contributed by atoms with Gasteiger partial charge in [-0.2, -0.15) is 4.31 Å². The molecule has 1 saturated heterocycles. The summed E-state index contributed by atoms with van der Waals surface area (Å²) in [5, 5.41) is 2.69. The number of carbonyl (C=O) groups excluding carboxylic acids is 2. The molecular formula is C20H30N2O6S. The van der Waals surface area contributed by atoms with E-state index in [-0.39, 0.29) is 16.2 Å². The minimum atomic E-state index is -3.82. The Balaban J connectivity index is 2.21. The number of carbonyl (C=O) groups is 2. The highest BCUT2D eigenvalue weighted by molar-refractivity contribution is 7.89. The van der Waals surface area contributed by atoms with Gasteiger partial charge >= 0.3 is 5.97 Å². The number of ether oxygens (including phenoxy) is 2. The van der Waals surface area contributed by atoms with Crippen LogP contribution in [0, 0.1) is 0 Å². The van der Waals surface area contributed by atoms with Gasteiger partial charge in [-0.25, -0.2) is 13.2 Å². The van der Waals surface area contributed by atoms with E-state index in [2.05, 4.69) is 5.32 Å². The number of hydrogen-bond acceptors (Lipinski definition) is 6. The lowest BCUT2D eigenvalue weighted by Crippen LogP contribution is -2.42. The molecule has 0 unspecified atom stereocenters. The van der Waals surface area contributed by atoms with Crippen molar-refractivity contribution in [2.24, 2.45) is 0 Å². The van der Waals surface area contributed by atoms with Gasteiger partial charge in [-0.05, 0) is 51.8 Å². The second-order valence-corrected chi connectivity index (χ2v) is 9.96. The Bertz CT molecular complexity index is 837. The zero-order chi connectivity index (χ0) is 21.7. The molecule has 1 aromatic carbocycles. The fourth-order valence-electron chi connectivity index (χ4n) is 3.10. The summed E-state index contributed by atoms with van der Waals surface area (Å²) < 4.78 is 38.0. The van der Waals surface area contributed by atoms with Crippen molar-refractivity contribution in [1.29, 1.82) is 0 Å². The van der Waals surface area contributed by atoms with Crippen molar-refractivity contribution in [1.82, 2.24) is 9.62 Å². The first kappa shape index (κ1) is 23.2. The molecule has 0 bridgehead atoms. The first-order valence-corrected chi connectivity index (χ1v) is 11.1. The van der Waals surface area contributed by atoms with Crippen LogP contribution in [0.1, 0.15) is 56.8 Å². The van der Waals surface area contributed by atoms with Gasteiger partial charge in [0.05, 0.1) is 12.7 Å². The van der Waals surface area contributed by atoms with Crippen molar-refractivity contribution in [3.8, 4) is 5.75 Å². The fourth-order valence-corrected chi connectivity index (χ4v) is 4.79. The van der Waals surface area contributed by atoms with E-state index in [9.17, 15) is 18.0 Å². The number of benzene rings is 1. The van der Waals surface area contributed by atoms with E-state index in [1.54, 1.807) is 0 Å². The first-order chi connectivity index (χ1) is 13.5. The second-order valence-electron chi connectivity index (χ2n) is 8.06. The van der Waals surface area contributed by atoms with Crippen molar-refractivity contribution < 1.29 is 27.5 Å². The summed E-state index contributed by atoms with van der Waals surface area (Å²) in [7, 11) is -2.44. The minimum absolute atomic E-state index is 0.0442. The largest absolute Gasteiger partial charge is 0.495 e. The fraction of sp³-hybridized carbons (Fsp3) is 0.600. The molecule has 9 heteroatoms. The molecule has 0 radical (unpaired) electrons. The molecule has 29 heavy (non-hydrogen) atoms. The maximum atomic E-state index is 13.1. The summed E-state index contributed by atoms with van der Waals surface area (Å²) in [4.78, 5) is 24.1. The summed E-state index contributed by atoms with van der Waals surface area (Å²) in [5.74, 6) is -1.04. The minimum Gasteiger partial charge on any atom is -0.495 e. The normalized spacial score (nSPS) is 16.0. The Labute approximate surface area is 172 Å². The second kappa shape index (κ2) is 9.58. The summed E-state index contributed by atoms with van der Waals surface area (Å²) in [5.41, 5.74) is -0.402. The van der Waals surface area contributed by atoms with E-state index in [0.717, 1.165) is 25.7 Å². The predicted octanol–water partition coefficient (Wildman–Crippen LogP) is 2.33. The predicted molar refractivity (Wildman–Crippen MR) is 108 cm³/mol. The molecule has 1 N–H and O–H groups in total. The third-order valence-electron chi connectivity index (χ3n) is 4.43. The van der Waals surface area contributed by atoms with E-state index in [0.29, 0.717) is 13.1 Å². The lowest BCUT2D eigenvalue weighted by atomic mass is 10.1. The average Bonchev–Trinajstić information content (AvgIpc) is 2.94. The number of nitrogens with zero attached hydrogens (tertiary/aromatic N) is 1. The van der Waals surface area contributed by atoms with E-state index in [1.807, 2.05) is 20.8 Å². The number of nitrogens with one attached hydrogen (secondary N) is 1. The Morgan fingerprint density at radius 1 is 1.10 bits per heavy atom. The molecule has 0 atom stereocenters. The molecule has 1 aliphatic heterocycles. The summed E-state index contributed by atoms with van der Waals surface area (Å²) in [6, 6.07) is 4.10. The molecule has 1 aromatic rings. The van der Waals surface area contributed by atoms with Crippen LogP contribution in [0.25, 0.3) is 0 Å². The smallest absolute Gasteiger partial charge is 0.338 e. The Morgan fingerprint density at radius 3 is 2.28 bits per heavy atom. The van der Waals surface area contributed by atoms with Gasteiger partial charge in [0.2, 0.25) is 10.0 Å². The molecular weight excluding hydrogens is 396 g/mol. The molecule has 8 nitrogen and oxygen atoms in total. The SMILES string of the molecule is COc1ccc(C(=O)OCC(=O)NC(C)(C)C)cc1S(=O)(=O)N1CCCCCC1. The van der Waals surface area contributed by atoms with Gasteiger partial charge in [0.1, 0.15) is 10.6 Å². The molecule has 0 saturated carbocycles. The van der Waals surface area contributed by atoms with Gasteiger partial charge in [0.15, 0.2) is 6.61 Å². The van der Waals surface area contributed by atoms with Gasteiger partial charge < -0.3 is 14.8 Å². The maximum absolute atomic E-state index is 13.1. The van der Waals surface area contributed by atoms with Gasteiger partial charge in [-0.3, -0.25) is 4.79 Å². The van der Waals surface area contributed by atoms with E-state index < -0.39 is 34.0 Å². The first-order valence-electron chi connectivity index (χ1n) is 9.71. The van der Waals surface area contributed by atoms with Gasteiger partial charge in [-0.15, -0.1) is 0 Å². The zero-order valence-corrected chi connectivity index (χ0v) is 18.3. The summed E-state index contributed by atoms with van der Waals surface area (Å²) >= 11 is 0. The van der Waals surface area contributed by atoms with Crippen LogP contribution >= 0.6 is 0 Å². The lowest BCUT2D eigenvalue weighted by molar-refractivity contribution is -0.125. The zero-order valence-electron chi connectivity index (χ0n) is 17.5. The third kappa shape index (κ3) is 6.43. The molecule has 1 fully saturated rings. The average molecular weight is 427 g/mol. The quantitative estimate of drug-likeness (QED) is 0.701. The number of methoxy groups -OCH3 is 1. The van der Waals surface area contributed by atoms with E-state index >= 15 is 0 Å². The maximum Gasteiger partial charge on any atom is 0.338 e. The topological polar surface area (TPSA) is 102 Å². The number of hydrogen-bond donors (Lipinski definition) is 1. The highest BCUT2D eigenvalue weighted by Crippen LogP contribution is 2.29. The van der Waals surface area contributed by atoms with Crippen LogP contribution in [-0.4, -0.2) is 56.9 Å². The number of esters is 1. The van der Waals surface area contributed by atoms with Crippen LogP contribution in [0.5, 0.6) is 5.75 Å². The van der Waals surface area contributed by atoms with Crippen LogP contribution < -0.4 is 10.1 Å². The summed E-state index contributed by atoms with van der Waals surface area (Å²) in [6.07, 6.45) is 3.58. The highest BCUT2D eigenvalue weighted by atomic mass is 32.2. The van der Waals surface area contributed by atoms with Crippen LogP contribution in [0.3, 0.4) is 0 Å². The molecule has 0 aromatic heterocycles. The molecule has 2 rings (SSSR count). The van der Waals surface area contributed by atoms with Crippen molar-refractivity contribution >= 4 is 21.9 Å².